The molecule has 1 aliphatic rings. The number of likely N-dealkylation sites (N-methyl/N-ethyl adjacent to an activating group) is 1. The van der Waals surface area contributed by atoms with E-state index in [-0.39, 0.29) is 5.82 Å². The van der Waals surface area contributed by atoms with Crippen LogP contribution in [0.5, 0.6) is 5.75 Å². The third kappa shape index (κ3) is 4.74. The first-order valence-corrected chi connectivity index (χ1v) is 11.3. The van der Waals surface area contributed by atoms with Crippen LogP contribution in [0, 0.1) is 26.6 Å². The summed E-state index contributed by atoms with van der Waals surface area (Å²) in [4.78, 5) is 9.52. The van der Waals surface area contributed by atoms with E-state index in [2.05, 4.69) is 38.7 Å². The van der Waals surface area contributed by atoms with Crippen LogP contribution in [0.25, 0.3) is 11.0 Å². The largest absolute Gasteiger partial charge is 0.490 e. The second kappa shape index (κ2) is 9.46. The van der Waals surface area contributed by atoms with Crippen LogP contribution in [0.2, 0.25) is 0 Å². The van der Waals surface area contributed by atoms with Gasteiger partial charge >= 0.3 is 0 Å². The number of aromatic nitrogens is 2. The lowest BCUT2D eigenvalue weighted by Crippen LogP contribution is -2.44. The SMILES string of the molecule is Cc1cc(OCCN(C)C)c2nc(N3CCNCC3)n(Cc3cc(C)c(F)c(C)c3)c2c1. The molecular weight excluding hydrogens is 405 g/mol. The standard InChI is InChI=1S/C25H34FN5O/c1-17-12-21-24(22(13-17)32-11-10-29(4)5)28-25(30-8-6-27-7-9-30)31(21)16-20-14-18(2)23(26)19(3)15-20/h12-15,27H,6-11,16H2,1-5H3. The average Bonchev–Trinajstić information content (AvgIpc) is 3.10. The Morgan fingerprint density at radius 3 is 2.41 bits per heavy atom. The Balaban J connectivity index is 1.80. The van der Waals surface area contributed by atoms with Gasteiger partial charge in [0.05, 0.1) is 12.1 Å². The molecule has 0 aliphatic carbocycles. The lowest BCUT2D eigenvalue weighted by Gasteiger charge is -2.29. The van der Waals surface area contributed by atoms with Gasteiger partial charge in [-0.3, -0.25) is 0 Å². The first-order valence-electron chi connectivity index (χ1n) is 11.3. The number of halogens is 1. The molecule has 7 heteroatoms. The number of piperazine rings is 1. The lowest BCUT2D eigenvalue weighted by atomic mass is 10.1. The van der Waals surface area contributed by atoms with Crippen molar-refractivity contribution in [2.75, 3.05) is 58.3 Å². The Labute approximate surface area is 190 Å². The van der Waals surface area contributed by atoms with Gasteiger partial charge in [0.1, 0.15) is 23.7 Å². The first-order chi connectivity index (χ1) is 15.3. The molecule has 0 spiro atoms. The van der Waals surface area contributed by atoms with E-state index in [9.17, 15) is 4.39 Å². The van der Waals surface area contributed by atoms with Gasteiger partial charge in [0.25, 0.3) is 0 Å². The highest BCUT2D eigenvalue weighted by Crippen LogP contribution is 2.32. The molecule has 2 aromatic carbocycles. The lowest BCUT2D eigenvalue weighted by molar-refractivity contribution is 0.263. The zero-order valence-electron chi connectivity index (χ0n) is 19.8. The Hall–Kier alpha value is -2.64. The van der Waals surface area contributed by atoms with Crippen LogP contribution < -0.4 is 15.0 Å². The number of fused-ring (bicyclic) bond motifs is 1. The minimum absolute atomic E-state index is 0.126. The predicted molar refractivity (Wildman–Crippen MR) is 129 cm³/mol. The van der Waals surface area contributed by atoms with Gasteiger partial charge in [0.2, 0.25) is 5.95 Å². The molecule has 1 aromatic heterocycles. The molecule has 0 bridgehead atoms. The van der Waals surface area contributed by atoms with E-state index in [1.54, 1.807) is 0 Å². The van der Waals surface area contributed by atoms with Crippen molar-refractivity contribution in [3.05, 3.63) is 52.3 Å². The van der Waals surface area contributed by atoms with Gasteiger partial charge in [0.15, 0.2) is 0 Å². The van der Waals surface area contributed by atoms with Crippen molar-refractivity contribution in [1.82, 2.24) is 19.8 Å². The van der Waals surface area contributed by atoms with Crippen molar-refractivity contribution in [3.8, 4) is 5.75 Å². The number of anilines is 1. The maximum atomic E-state index is 14.2. The van der Waals surface area contributed by atoms with Crippen molar-refractivity contribution in [2.24, 2.45) is 0 Å². The molecule has 1 saturated heterocycles. The van der Waals surface area contributed by atoms with Gasteiger partial charge in [-0.1, -0.05) is 12.1 Å². The summed E-state index contributed by atoms with van der Waals surface area (Å²) in [6, 6.07) is 8.14. The van der Waals surface area contributed by atoms with E-state index in [4.69, 9.17) is 9.72 Å². The quantitative estimate of drug-likeness (QED) is 0.611. The van der Waals surface area contributed by atoms with E-state index in [1.807, 2.05) is 40.1 Å². The van der Waals surface area contributed by atoms with E-state index in [1.165, 1.54) is 0 Å². The topological polar surface area (TPSA) is 45.6 Å². The average molecular weight is 440 g/mol. The predicted octanol–water partition coefficient (Wildman–Crippen LogP) is 3.50. The summed E-state index contributed by atoms with van der Waals surface area (Å²) in [5, 5.41) is 3.42. The smallest absolute Gasteiger partial charge is 0.207 e. The second-order valence-corrected chi connectivity index (χ2v) is 9.06. The summed E-state index contributed by atoms with van der Waals surface area (Å²) in [6.45, 7) is 11.5. The molecule has 32 heavy (non-hydrogen) atoms. The number of rotatable bonds is 7. The van der Waals surface area contributed by atoms with Crippen molar-refractivity contribution in [2.45, 2.75) is 27.3 Å². The van der Waals surface area contributed by atoms with Crippen LogP contribution >= 0.6 is 0 Å². The molecule has 3 aromatic rings. The van der Waals surface area contributed by atoms with Crippen LogP contribution in [0.1, 0.15) is 22.3 Å². The van der Waals surface area contributed by atoms with Crippen molar-refractivity contribution >= 4 is 17.0 Å². The highest BCUT2D eigenvalue weighted by Gasteiger charge is 2.22. The summed E-state index contributed by atoms with van der Waals surface area (Å²) in [5.41, 5.74) is 5.51. The van der Waals surface area contributed by atoms with Crippen molar-refractivity contribution in [1.29, 1.82) is 0 Å². The highest BCUT2D eigenvalue weighted by atomic mass is 19.1. The van der Waals surface area contributed by atoms with Gasteiger partial charge in [-0.25, -0.2) is 9.37 Å². The molecule has 6 nitrogen and oxygen atoms in total. The molecule has 172 valence electrons. The zero-order chi connectivity index (χ0) is 22.8. The van der Waals surface area contributed by atoms with Crippen LogP contribution in [-0.2, 0) is 6.54 Å². The number of aryl methyl sites for hydroxylation is 3. The summed E-state index contributed by atoms with van der Waals surface area (Å²) in [6.07, 6.45) is 0. The van der Waals surface area contributed by atoms with E-state index >= 15 is 0 Å². The zero-order valence-corrected chi connectivity index (χ0v) is 19.8. The Morgan fingerprint density at radius 2 is 1.75 bits per heavy atom. The van der Waals surface area contributed by atoms with Gasteiger partial charge in [0, 0.05) is 32.7 Å². The minimum atomic E-state index is -0.126. The van der Waals surface area contributed by atoms with E-state index in [0.29, 0.717) is 24.3 Å². The maximum Gasteiger partial charge on any atom is 0.207 e. The monoisotopic (exact) mass is 439 g/mol. The molecule has 0 radical (unpaired) electrons. The molecule has 0 saturated carbocycles. The number of nitrogens with zero attached hydrogens (tertiary/aromatic N) is 4. The number of benzene rings is 2. The molecular formula is C25H34FN5O. The van der Waals surface area contributed by atoms with Crippen LogP contribution in [0.3, 0.4) is 0 Å². The highest BCUT2D eigenvalue weighted by molar-refractivity contribution is 5.86. The molecule has 1 aliphatic heterocycles. The summed E-state index contributed by atoms with van der Waals surface area (Å²) < 4.78 is 22.7. The molecule has 0 unspecified atom stereocenters. The molecule has 0 atom stereocenters. The molecule has 4 rings (SSSR count). The van der Waals surface area contributed by atoms with Crippen LogP contribution in [0.15, 0.2) is 24.3 Å². The Bertz CT molecular complexity index is 1080. The fourth-order valence-electron chi connectivity index (χ4n) is 4.33. The summed E-state index contributed by atoms with van der Waals surface area (Å²) in [5.74, 6) is 1.65. The van der Waals surface area contributed by atoms with Gasteiger partial charge in [-0.2, -0.15) is 0 Å². The summed E-state index contributed by atoms with van der Waals surface area (Å²) >= 11 is 0. The van der Waals surface area contributed by atoms with Gasteiger partial charge < -0.3 is 24.4 Å². The number of hydrogen-bond donors (Lipinski definition) is 1. The van der Waals surface area contributed by atoms with Crippen LogP contribution in [-0.4, -0.2) is 67.9 Å². The number of imidazole rings is 1. The number of hydrogen-bond acceptors (Lipinski definition) is 5. The Kier molecular flexibility index (Phi) is 6.67. The van der Waals surface area contributed by atoms with Gasteiger partial charge in [-0.15, -0.1) is 0 Å². The number of ether oxygens (including phenoxy) is 1. The fraction of sp³-hybridized carbons (Fsp3) is 0.480. The van der Waals surface area contributed by atoms with E-state index < -0.39 is 0 Å². The number of nitrogens with one attached hydrogen (secondary N) is 1. The third-order valence-corrected chi connectivity index (χ3v) is 5.98. The second-order valence-electron chi connectivity index (χ2n) is 9.06. The first kappa shape index (κ1) is 22.6. The molecule has 0 amide bonds. The van der Waals surface area contributed by atoms with Crippen molar-refractivity contribution < 1.29 is 9.13 Å². The fourth-order valence-corrected chi connectivity index (χ4v) is 4.33. The molecule has 2 heterocycles. The van der Waals surface area contributed by atoms with Crippen molar-refractivity contribution in [3.63, 3.8) is 0 Å². The maximum absolute atomic E-state index is 14.2. The normalized spacial score (nSPS) is 14.5. The van der Waals surface area contributed by atoms with Gasteiger partial charge in [-0.05, 0) is 69.3 Å². The molecule has 1 N–H and O–H groups in total. The third-order valence-electron chi connectivity index (χ3n) is 5.98. The van der Waals surface area contributed by atoms with E-state index in [0.717, 1.165) is 66.6 Å². The summed E-state index contributed by atoms with van der Waals surface area (Å²) in [7, 11) is 4.08. The van der Waals surface area contributed by atoms with Crippen LogP contribution in [0.4, 0.5) is 10.3 Å². The minimum Gasteiger partial charge on any atom is -0.490 e. The molecule has 1 fully saturated rings. The Morgan fingerprint density at radius 1 is 1.06 bits per heavy atom.